The molecule has 5 heteroatoms. The molecule has 0 aromatic heterocycles. The van der Waals surface area contributed by atoms with Gasteiger partial charge in [0.1, 0.15) is 0 Å². The Morgan fingerprint density at radius 3 is 2.85 bits per heavy atom. The molecule has 5 nitrogen and oxygen atoms in total. The molecule has 2 aromatic rings. The molecule has 1 aliphatic heterocycles. The zero-order valence-electron chi connectivity index (χ0n) is 15.1. The fourth-order valence-corrected chi connectivity index (χ4v) is 3.40. The highest BCUT2D eigenvalue weighted by Crippen LogP contribution is 2.20. The SMILES string of the molecule is CN(CC1CCN(Cc2ccccc2)C1)C(=O)Nc1cccc(C#N)c1. The highest BCUT2D eigenvalue weighted by Gasteiger charge is 2.25. The summed E-state index contributed by atoms with van der Waals surface area (Å²) in [5.41, 5.74) is 2.52. The van der Waals surface area contributed by atoms with Gasteiger partial charge in [0.15, 0.2) is 0 Å². The minimum absolute atomic E-state index is 0.137. The van der Waals surface area contributed by atoms with Gasteiger partial charge in [0.2, 0.25) is 0 Å². The van der Waals surface area contributed by atoms with Gasteiger partial charge in [0.25, 0.3) is 0 Å². The van der Waals surface area contributed by atoms with Gasteiger partial charge in [-0.1, -0.05) is 36.4 Å². The lowest BCUT2D eigenvalue weighted by atomic mass is 10.1. The Bertz CT molecular complexity index is 784. The molecule has 1 atom stereocenters. The van der Waals surface area contributed by atoms with Gasteiger partial charge in [-0.3, -0.25) is 4.90 Å². The molecule has 0 spiro atoms. The summed E-state index contributed by atoms with van der Waals surface area (Å²) in [5.74, 6) is 0.486. The molecule has 1 fully saturated rings. The maximum Gasteiger partial charge on any atom is 0.321 e. The standard InChI is InChI=1S/C21H24N4O/c1-24(21(26)23-20-9-5-8-18(12-20)13-22)14-19-10-11-25(16-19)15-17-6-3-2-4-7-17/h2-9,12,19H,10-11,14-16H2,1H3,(H,23,26). The Kier molecular flexibility index (Phi) is 5.88. The van der Waals surface area contributed by atoms with Gasteiger partial charge in [0, 0.05) is 32.4 Å². The van der Waals surface area contributed by atoms with Crippen molar-refractivity contribution in [2.75, 3.05) is 32.0 Å². The molecule has 134 valence electrons. The lowest BCUT2D eigenvalue weighted by Crippen LogP contribution is -2.36. The number of anilines is 1. The second kappa shape index (κ2) is 8.50. The summed E-state index contributed by atoms with van der Waals surface area (Å²) in [4.78, 5) is 16.6. The average Bonchev–Trinajstić information content (AvgIpc) is 3.09. The molecule has 0 bridgehead atoms. The van der Waals surface area contributed by atoms with E-state index < -0.39 is 0 Å². The van der Waals surface area contributed by atoms with Crippen molar-refractivity contribution in [3.05, 3.63) is 65.7 Å². The fourth-order valence-electron chi connectivity index (χ4n) is 3.40. The van der Waals surface area contributed by atoms with E-state index in [1.165, 1.54) is 5.56 Å². The summed E-state index contributed by atoms with van der Waals surface area (Å²) in [6.45, 7) is 3.78. The number of benzene rings is 2. The molecule has 1 N–H and O–H groups in total. The van der Waals surface area contributed by atoms with Crippen molar-refractivity contribution in [3.63, 3.8) is 0 Å². The van der Waals surface area contributed by atoms with E-state index in [-0.39, 0.29) is 6.03 Å². The maximum atomic E-state index is 12.4. The summed E-state index contributed by atoms with van der Waals surface area (Å²) in [6, 6.07) is 19.4. The quantitative estimate of drug-likeness (QED) is 0.899. The average molecular weight is 348 g/mol. The Balaban J connectivity index is 1.48. The predicted molar refractivity (Wildman–Crippen MR) is 103 cm³/mol. The van der Waals surface area contributed by atoms with Gasteiger partial charge >= 0.3 is 6.03 Å². The predicted octanol–water partition coefficient (Wildman–Crippen LogP) is 3.54. The number of hydrogen-bond acceptors (Lipinski definition) is 3. The van der Waals surface area contributed by atoms with E-state index in [0.717, 1.165) is 32.6 Å². The molecule has 0 radical (unpaired) electrons. The molecular weight excluding hydrogens is 324 g/mol. The highest BCUT2D eigenvalue weighted by atomic mass is 16.2. The molecule has 3 rings (SSSR count). The smallest absolute Gasteiger partial charge is 0.321 e. The van der Waals surface area contributed by atoms with Crippen LogP contribution in [0.1, 0.15) is 17.5 Å². The van der Waals surface area contributed by atoms with Gasteiger partial charge in [-0.25, -0.2) is 4.79 Å². The van der Waals surface area contributed by atoms with Crippen molar-refractivity contribution in [2.45, 2.75) is 13.0 Å². The van der Waals surface area contributed by atoms with Crippen LogP contribution in [0.2, 0.25) is 0 Å². The number of rotatable bonds is 5. The monoisotopic (exact) mass is 348 g/mol. The van der Waals surface area contributed by atoms with Crippen LogP contribution in [0, 0.1) is 17.2 Å². The summed E-state index contributed by atoms with van der Waals surface area (Å²) in [5, 5.41) is 11.8. The maximum absolute atomic E-state index is 12.4. The number of carbonyl (C=O) groups excluding carboxylic acids is 1. The normalized spacial score (nSPS) is 16.8. The van der Waals surface area contributed by atoms with Crippen molar-refractivity contribution < 1.29 is 4.79 Å². The van der Waals surface area contributed by atoms with E-state index in [2.05, 4.69) is 40.6 Å². The molecule has 1 unspecified atom stereocenters. The van der Waals surface area contributed by atoms with Gasteiger partial charge in [-0.15, -0.1) is 0 Å². The summed E-state index contributed by atoms with van der Waals surface area (Å²) < 4.78 is 0. The van der Waals surface area contributed by atoms with Gasteiger partial charge in [0.05, 0.1) is 11.6 Å². The Labute approximate surface area is 154 Å². The zero-order valence-corrected chi connectivity index (χ0v) is 15.1. The molecule has 2 amide bonds. The van der Waals surface area contributed by atoms with Crippen molar-refractivity contribution in [2.24, 2.45) is 5.92 Å². The lowest BCUT2D eigenvalue weighted by molar-refractivity contribution is 0.212. The first-order chi connectivity index (χ1) is 12.6. The third-order valence-electron chi connectivity index (χ3n) is 4.74. The van der Waals surface area contributed by atoms with E-state index >= 15 is 0 Å². The lowest BCUT2D eigenvalue weighted by Gasteiger charge is -2.22. The van der Waals surface area contributed by atoms with E-state index in [1.807, 2.05) is 13.1 Å². The minimum atomic E-state index is -0.137. The molecular formula is C21H24N4O. The summed E-state index contributed by atoms with van der Waals surface area (Å²) in [7, 11) is 1.82. The van der Waals surface area contributed by atoms with Gasteiger partial charge in [-0.2, -0.15) is 5.26 Å². The van der Waals surface area contributed by atoms with Crippen molar-refractivity contribution in [3.8, 4) is 6.07 Å². The topological polar surface area (TPSA) is 59.4 Å². The second-order valence-electron chi connectivity index (χ2n) is 6.88. The Hall–Kier alpha value is -2.84. The van der Waals surface area contributed by atoms with Crippen LogP contribution in [-0.4, -0.2) is 42.5 Å². The van der Waals surface area contributed by atoms with Crippen LogP contribution in [0.4, 0.5) is 10.5 Å². The highest BCUT2D eigenvalue weighted by molar-refractivity contribution is 5.89. The van der Waals surface area contributed by atoms with E-state index in [9.17, 15) is 4.79 Å². The van der Waals surface area contributed by atoms with Crippen LogP contribution >= 0.6 is 0 Å². The van der Waals surface area contributed by atoms with Crippen LogP contribution in [0.3, 0.4) is 0 Å². The van der Waals surface area contributed by atoms with Crippen LogP contribution < -0.4 is 5.32 Å². The number of likely N-dealkylation sites (tertiary alicyclic amines) is 1. The van der Waals surface area contributed by atoms with Crippen LogP contribution in [0.25, 0.3) is 0 Å². The van der Waals surface area contributed by atoms with E-state index in [0.29, 0.717) is 17.2 Å². The van der Waals surface area contributed by atoms with E-state index in [1.54, 1.807) is 29.2 Å². The summed E-state index contributed by atoms with van der Waals surface area (Å²) in [6.07, 6.45) is 1.11. The minimum Gasteiger partial charge on any atom is -0.327 e. The molecule has 0 saturated carbocycles. The third-order valence-corrected chi connectivity index (χ3v) is 4.74. The molecule has 26 heavy (non-hydrogen) atoms. The first-order valence-corrected chi connectivity index (χ1v) is 8.92. The van der Waals surface area contributed by atoms with E-state index in [4.69, 9.17) is 5.26 Å². The molecule has 1 saturated heterocycles. The third kappa shape index (κ3) is 4.84. The van der Waals surface area contributed by atoms with Crippen LogP contribution in [0.5, 0.6) is 0 Å². The summed E-state index contributed by atoms with van der Waals surface area (Å²) >= 11 is 0. The first-order valence-electron chi connectivity index (χ1n) is 8.92. The van der Waals surface area contributed by atoms with Gasteiger partial charge in [-0.05, 0) is 42.6 Å². The first kappa shape index (κ1) is 18.0. The number of carbonyl (C=O) groups is 1. The van der Waals surface area contributed by atoms with Crippen molar-refractivity contribution in [1.29, 1.82) is 5.26 Å². The number of urea groups is 1. The van der Waals surface area contributed by atoms with Crippen molar-refractivity contribution in [1.82, 2.24) is 9.80 Å². The number of nitrogens with one attached hydrogen (secondary N) is 1. The molecule has 2 aromatic carbocycles. The second-order valence-corrected chi connectivity index (χ2v) is 6.88. The number of nitriles is 1. The Morgan fingerprint density at radius 1 is 1.27 bits per heavy atom. The number of amides is 2. The van der Waals surface area contributed by atoms with Crippen LogP contribution in [-0.2, 0) is 6.54 Å². The number of nitrogens with zero attached hydrogens (tertiary/aromatic N) is 3. The fraction of sp³-hybridized carbons (Fsp3) is 0.333. The van der Waals surface area contributed by atoms with Gasteiger partial charge < -0.3 is 10.2 Å². The van der Waals surface area contributed by atoms with Crippen molar-refractivity contribution >= 4 is 11.7 Å². The zero-order chi connectivity index (χ0) is 18.4. The largest absolute Gasteiger partial charge is 0.327 e. The molecule has 1 aliphatic rings. The molecule has 1 heterocycles. The van der Waals surface area contributed by atoms with Crippen LogP contribution in [0.15, 0.2) is 54.6 Å². The Morgan fingerprint density at radius 2 is 2.08 bits per heavy atom. The number of hydrogen-bond donors (Lipinski definition) is 1. The molecule has 0 aliphatic carbocycles.